The summed E-state index contributed by atoms with van der Waals surface area (Å²) in [5, 5.41) is 10.1. The first-order valence-electron chi connectivity index (χ1n) is 10.7. The van der Waals surface area contributed by atoms with Gasteiger partial charge in [-0.2, -0.15) is 10.3 Å². The second-order valence-corrected chi connectivity index (χ2v) is 7.70. The standard InChI is InChI=1S/C25H23N5O5/c1-15-6-5-7-30-21(15)27-23-20(25(30)32)12-17(14-26)22(29(23)8-9-33-2)28-24(31)16-10-18(34-3)13-19(11-16)35-4/h5-7,10-13H,8-9H2,1-4H3. The smallest absolute Gasteiger partial charge is 0.279 e. The highest BCUT2D eigenvalue weighted by molar-refractivity contribution is 5.96. The summed E-state index contributed by atoms with van der Waals surface area (Å²) in [5.41, 5.74) is 1.59. The fraction of sp³-hybridized carbons (Fsp3) is 0.240. The van der Waals surface area contributed by atoms with Crippen LogP contribution < -0.4 is 20.5 Å². The van der Waals surface area contributed by atoms with Crippen molar-refractivity contribution in [2.45, 2.75) is 13.5 Å². The highest BCUT2D eigenvalue weighted by Crippen LogP contribution is 2.23. The van der Waals surface area contributed by atoms with Gasteiger partial charge in [-0.15, -0.1) is 0 Å². The maximum absolute atomic E-state index is 13.3. The van der Waals surface area contributed by atoms with Crippen LogP contribution in [-0.2, 0) is 11.3 Å². The van der Waals surface area contributed by atoms with Crippen molar-refractivity contribution < 1.29 is 19.0 Å². The molecule has 0 saturated carbocycles. The average Bonchev–Trinajstić information content (AvgIpc) is 2.88. The molecule has 0 spiro atoms. The maximum Gasteiger partial charge on any atom is 0.279 e. The molecular weight excluding hydrogens is 450 g/mol. The van der Waals surface area contributed by atoms with E-state index < -0.39 is 5.91 Å². The van der Waals surface area contributed by atoms with Gasteiger partial charge in [0.25, 0.3) is 11.5 Å². The first-order valence-corrected chi connectivity index (χ1v) is 10.7. The van der Waals surface area contributed by atoms with Crippen molar-refractivity contribution in [3.05, 3.63) is 75.1 Å². The zero-order valence-corrected chi connectivity index (χ0v) is 19.7. The van der Waals surface area contributed by atoms with Crippen LogP contribution in [0.4, 0.5) is 0 Å². The van der Waals surface area contributed by atoms with Crippen LogP contribution in [0, 0.1) is 18.3 Å². The van der Waals surface area contributed by atoms with Gasteiger partial charge in [0.05, 0.1) is 31.8 Å². The number of carbonyl (C=O) groups is 1. The van der Waals surface area contributed by atoms with E-state index in [0.717, 1.165) is 5.56 Å². The zero-order chi connectivity index (χ0) is 25.1. The summed E-state index contributed by atoms with van der Waals surface area (Å²) in [4.78, 5) is 35.5. The Morgan fingerprint density at radius 1 is 1.11 bits per heavy atom. The molecule has 178 valence electrons. The Kier molecular flexibility index (Phi) is 6.62. The maximum atomic E-state index is 13.3. The summed E-state index contributed by atoms with van der Waals surface area (Å²) in [6.45, 7) is 2.31. The molecule has 0 unspecified atom stereocenters. The van der Waals surface area contributed by atoms with Gasteiger partial charge in [-0.05, 0) is 36.8 Å². The molecule has 10 nitrogen and oxygen atoms in total. The van der Waals surface area contributed by atoms with Gasteiger partial charge in [0, 0.05) is 31.5 Å². The van der Waals surface area contributed by atoms with Crippen molar-refractivity contribution >= 4 is 22.6 Å². The number of hydrogen-bond acceptors (Lipinski definition) is 7. The van der Waals surface area contributed by atoms with Gasteiger partial charge in [0.1, 0.15) is 28.9 Å². The molecule has 3 heterocycles. The number of hydrogen-bond donors (Lipinski definition) is 0. The van der Waals surface area contributed by atoms with Crippen molar-refractivity contribution in [2.24, 2.45) is 4.99 Å². The van der Waals surface area contributed by atoms with Crippen LogP contribution in [0.5, 0.6) is 11.5 Å². The molecule has 1 aromatic carbocycles. The lowest BCUT2D eigenvalue weighted by Gasteiger charge is -2.14. The number of carbonyl (C=O) groups excluding carboxylic acids is 1. The molecule has 35 heavy (non-hydrogen) atoms. The molecule has 0 fully saturated rings. The minimum Gasteiger partial charge on any atom is -0.497 e. The van der Waals surface area contributed by atoms with Crippen molar-refractivity contribution in [2.75, 3.05) is 27.9 Å². The van der Waals surface area contributed by atoms with Gasteiger partial charge in [0.2, 0.25) is 0 Å². The number of amides is 1. The number of aryl methyl sites for hydroxylation is 1. The largest absolute Gasteiger partial charge is 0.497 e. The quantitative estimate of drug-likeness (QED) is 0.394. The number of benzene rings is 1. The van der Waals surface area contributed by atoms with Crippen LogP contribution in [0.3, 0.4) is 0 Å². The van der Waals surface area contributed by atoms with Crippen LogP contribution in [0.15, 0.2) is 52.4 Å². The molecule has 0 atom stereocenters. The highest BCUT2D eigenvalue weighted by Gasteiger charge is 2.17. The lowest BCUT2D eigenvalue weighted by atomic mass is 10.2. The molecule has 0 aliphatic rings. The minimum atomic E-state index is -0.613. The van der Waals surface area contributed by atoms with Crippen molar-refractivity contribution in [1.29, 1.82) is 5.26 Å². The summed E-state index contributed by atoms with van der Waals surface area (Å²) >= 11 is 0. The third-order valence-electron chi connectivity index (χ3n) is 5.55. The summed E-state index contributed by atoms with van der Waals surface area (Å²) < 4.78 is 18.7. The van der Waals surface area contributed by atoms with Gasteiger partial charge in [-0.25, -0.2) is 4.98 Å². The summed E-state index contributed by atoms with van der Waals surface area (Å²) in [7, 11) is 4.49. The van der Waals surface area contributed by atoms with Crippen LogP contribution in [0.1, 0.15) is 21.5 Å². The van der Waals surface area contributed by atoms with Crippen LogP contribution >= 0.6 is 0 Å². The lowest BCUT2D eigenvalue weighted by molar-refractivity contribution is 0.0996. The Morgan fingerprint density at radius 2 is 1.83 bits per heavy atom. The predicted octanol–water partition coefficient (Wildman–Crippen LogP) is 2.23. The SMILES string of the molecule is COCCn1c(=NC(=O)c2cc(OC)cc(OC)c2)c(C#N)cc2c(=O)n3cccc(C)c3nc21. The molecule has 0 radical (unpaired) electrons. The Balaban J connectivity index is 2.07. The molecule has 0 aliphatic carbocycles. The zero-order valence-electron chi connectivity index (χ0n) is 19.7. The number of aromatic nitrogens is 3. The first-order chi connectivity index (χ1) is 16.9. The predicted molar refractivity (Wildman–Crippen MR) is 128 cm³/mol. The van der Waals surface area contributed by atoms with Crippen molar-refractivity contribution in [3.63, 3.8) is 0 Å². The van der Waals surface area contributed by atoms with E-state index in [2.05, 4.69) is 11.1 Å². The van der Waals surface area contributed by atoms with Crippen molar-refractivity contribution in [1.82, 2.24) is 14.0 Å². The molecular formula is C25H23N5O5. The molecule has 3 aromatic heterocycles. The third kappa shape index (κ3) is 4.37. The number of rotatable bonds is 6. The summed E-state index contributed by atoms with van der Waals surface area (Å²) in [6.07, 6.45) is 1.63. The van der Waals surface area contributed by atoms with Gasteiger partial charge in [0.15, 0.2) is 5.49 Å². The Hall–Kier alpha value is -4.49. The van der Waals surface area contributed by atoms with Gasteiger partial charge >= 0.3 is 0 Å². The van der Waals surface area contributed by atoms with Gasteiger partial charge < -0.3 is 18.8 Å². The molecule has 0 saturated heterocycles. The van der Waals surface area contributed by atoms with E-state index in [1.165, 1.54) is 43.9 Å². The van der Waals surface area contributed by atoms with E-state index in [9.17, 15) is 14.9 Å². The summed E-state index contributed by atoms with van der Waals surface area (Å²) in [6, 6.07) is 11.8. The molecule has 4 rings (SSSR count). The average molecular weight is 473 g/mol. The molecule has 0 aliphatic heterocycles. The monoisotopic (exact) mass is 473 g/mol. The van der Waals surface area contributed by atoms with Gasteiger partial charge in [-0.3, -0.25) is 14.0 Å². The fourth-order valence-corrected chi connectivity index (χ4v) is 3.78. The number of fused-ring (bicyclic) bond motifs is 2. The highest BCUT2D eigenvalue weighted by atomic mass is 16.5. The normalized spacial score (nSPS) is 11.6. The van der Waals surface area contributed by atoms with E-state index in [4.69, 9.17) is 19.2 Å². The molecule has 10 heteroatoms. The third-order valence-corrected chi connectivity index (χ3v) is 5.55. The Labute approximate surface area is 200 Å². The number of nitriles is 1. The summed E-state index contributed by atoms with van der Waals surface area (Å²) in [5.74, 6) is 0.231. The number of ether oxygens (including phenoxy) is 3. The van der Waals surface area contributed by atoms with Gasteiger partial charge in [-0.1, -0.05) is 6.07 Å². The number of methoxy groups -OCH3 is 3. The Bertz CT molecular complexity index is 1610. The fourth-order valence-electron chi connectivity index (χ4n) is 3.78. The van der Waals surface area contributed by atoms with E-state index in [0.29, 0.717) is 22.8 Å². The molecule has 0 N–H and O–H groups in total. The van der Waals surface area contributed by atoms with Crippen LogP contribution in [0.2, 0.25) is 0 Å². The molecule has 4 aromatic rings. The number of nitrogens with zero attached hydrogens (tertiary/aromatic N) is 5. The lowest BCUT2D eigenvalue weighted by Crippen LogP contribution is -2.30. The number of pyridine rings is 2. The van der Waals surface area contributed by atoms with E-state index >= 15 is 0 Å². The minimum absolute atomic E-state index is 0.0586. The van der Waals surface area contributed by atoms with E-state index in [1.807, 2.05) is 13.0 Å². The first kappa shape index (κ1) is 23.7. The second kappa shape index (κ2) is 9.79. The van der Waals surface area contributed by atoms with Crippen LogP contribution in [0.25, 0.3) is 16.7 Å². The Morgan fingerprint density at radius 3 is 2.46 bits per heavy atom. The second-order valence-electron chi connectivity index (χ2n) is 7.70. The van der Waals surface area contributed by atoms with E-state index in [1.54, 1.807) is 22.9 Å². The van der Waals surface area contributed by atoms with E-state index in [-0.39, 0.29) is 40.7 Å². The van der Waals surface area contributed by atoms with Crippen molar-refractivity contribution in [3.8, 4) is 17.6 Å². The molecule has 1 amide bonds. The van der Waals surface area contributed by atoms with Crippen LogP contribution in [-0.4, -0.2) is 47.8 Å². The topological polar surface area (TPSA) is 120 Å². The molecule has 0 bridgehead atoms.